The first-order chi connectivity index (χ1) is 64.4. The topological polar surface area (TPSA) is 276 Å². The Morgan fingerprint density at radius 2 is 0.835 bits per heavy atom. The molecule has 7 saturated heterocycles. The number of nitriles is 3. The van der Waals surface area contributed by atoms with Gasteiger partial charge in [0, 0.05) is 160 Å². The van der Waals surface area contributed by atoms with Crippen LogP contribution in [0.5, 0.6) is 18.0 Å². The van der Waals surface area contributed by atoms with E-state index in [0.29, 0.717) is 144 Å². The number of carbonyl (C=O) groups is 3. The molecule has 13 heterocycles. The number of anilines is 6. The number of benzene rings is 6. The fourth-order valence-corrected chi connectivity index (χ4v) is 21.8. The Morgan fingerprint density at radius 3 is 1.18 bits per heavy atom. The summed E-state index contributed by atoms with van der Waals surface area (Å²) < 4.78 is 66.3. The first-order valence-electron chi connectivity index (χ1n) is 45.9. The van der Waals surface area contributed by atoms with E-state index in [1.165, 1.54) is 27.5 Å². The lowest BCUT2D eigenvalue weighted by Crippen LogP contribution is -2.56. The first-order valence-corrected chi connectivity index (χ1v) is 47.0. The van der Waals surface area contributed by atoms with Crippen molar-refractivity contribution < 1.29 is 46.5 Å². The van der Waals surface area contributed by atoms with Crippen molar-refractivity contribution in [1.82, 2.24) is 59.3 Å². The summed E-state index contributed by atoms with van der Waals surface area (Å²) in [5, 5.41) is 36.9. The Kier molecular flexibility index (Phi) is 28.6. The number of nitrogens with zero attached hydrogens (tertiary/aromatic N) is 21. The number of fused-ring (bicyclic) bond motifs is 7. The van der Waals surface area contributed by atoms with Gasteiger partial charge in [0.1, 0.15) is 43.4 Å². The minimum absolute atomic E-state index is 0.0454. The van der Waals surface area contributed by atoms with Crippen LogP contribution in [-0.2, 0) is 58.0 Å². The number of aromatic nitrogens is 6. The maximum atomic E-state index is 13.9. The van der Waals surface area contributed by atoms with Crippen LogP contribution >= 0.6 is 34.8 Å². The van der Waals surface area contributed by atoms with Gasteiger partial charge in [0.25, 0.3) is 17.7 Å². The average Bonchev–Trinajstić information content (AvgIpc) is 1.67. The number of morpholine rings is 1. The van der Waals surface area contributed by atoms with Gasteiger partial charge >= 0.3 is 18.0 Å². The van der Waals surface area contributed by atoms with Crippen LogP contribution in [0.3, 0.4) is 0 Å². The zero-order valence-electron chi connectivity index (χ0n) is 75.2. The summed E-state index contributed by atoms with van der Waals surface area (Å²) in [6, 6.07) is 43.1. The van der Waals surface area contributed by atoms with E-state index in [1.54, 1.807) is 0 Å². The standard InChI is InChI=1S/C34H37ClFN7O2.C33H37ClFN7O2.C32H35ClFN7O3/c1-23(36)32(44)43-19-18-41(20-25(43)10-14-37)31-26-11-17-40(29-9-3-7-24-6-2-8-27(35)30(24)29)21-28(26)38-33(39-31)45-22-34-12-4-15-42(34)16-5-13-34;1-21(2)41-15-11-25(41)20-44-33-37-28-19-39(29-9-5-7-23-6-4-8-27(34)30(23)29)14-12-26(28)31(38-33)40-16-17-42(32(43)22(3)35)24(18-40)10-13-36;1-21(34)31(42)41-14-13-40(17-23(41)9-11-35)30-25-10-12-39(28-8-4-6-22-5-3-7-26(33)29(22)28)19-27(25)36-32(37-30)44-20-24-18-38(2)15-16-43-24/h2-3,6-9,25H,1,4-5,10-13,15-22H2;4-9,21,24-25H,3,10-12,14-20H2,1-2H3;3-8,23-24H,1,9-10,12-20H2,2H3/t25-;24-,25?;23-,24?/m000/s1. The Bertz CT molecular complexity index is 5840. The highest BCUT2D eigenvalue weighted by Crippen LogP contribution is 2.45. The highest BCUT2D eigenvalue weighted by Gasteiger charge is 2.46. The van der Waals surface area contributed by atoms with E-state index in [9.17, 15) is 43.3 Å². The largest absolute Gasteiger partial charge is 0.462 e. The second-order valence-electron chi connectivity index (χ2n) is 36.1. The summed E-state index contributed by atoms with van der Waals surface area (Å²) in [6.45, 7) is 27.8. The number of carbonyl (C=O) groups excluding carboxylic acids is 3. The van der Waals surface area contributed by atoms with Gasteiger partial charge in [-0.25, -0.2) is 13.2 Å². The predicted molar refractivity (Wildman–Crippen MR) is 509 cm³/mol. The molecular formula is C99H109Cl3F3N21O7. The number of amides is 3. The molecule has 0 spiro atoms. The maximum Gasteiger partial charge on any atom is 0.318 e. The Labute approximate surface area is 787 Å². The molecule has 3 aromatic heterocycles. The quantitative estimate of drug-likeness (QED) is 0.0570. The summed E-state index contributed by atoms with van der Waals surface area (Å²) in [7, 11) is 2.05. The smallest absolute Gasteiger partial charge is 0.318 e. The van der Waals surface area contributed by atoms with Crippen LogP contribution in [-0.4, -0.2) is 264 Å². The van der Waals surface area contributed by atoms with Gasteiger partial charge in [-0.1, -0.05) is 127 Å². The van der Waals surface area contributed by atoms with E-state index in [4.69, 9.17) is 83.7 Å². The van der Waals surface area contributed by atoms with E-state index in [1.807, 2.05) is 48.5 Å². The van der Waals surface area contributed by atoms with Gasteiger partial charge < -0.3 is 67.9 Å². The molecule has 2 unspecified atom stereocenters. The van der Waals surface area contributed by atoms with Crippen molar-refractivity contribution in [2.75, 3.05) is 174 Å². The third-order valence-electron chi connectivity index (χ3n) is 27.7. The highest BCUT2D eigenvalue weighted by molar-refractivity contribution is 6.37. The van der Waals surface area contributed by atoms with Gasteiger partial charge in [-0.05, 0) is 138 Å². The van der Waals surface area contributed by atoms with Crippen molar-refractivity contribution in [3.05, 3.63) is 195 Å². The Balaban J connectivity index is 0.000000139. The molecule has 694 valence electrons. The average molecular weight is 1870 g/mol. The van der Waals surface area contributed by atoms with Crippen molar-refractivity contribution in [2.45, 2.75) is 146 Å². The number of ether oxygens (including phenoxy) is 4. The number of hydrogen-bond acceptors (Lipinski definition) is 25. The summed E-state index contributed by atoms with van der Waals surface area (Å²) in [4.78, 5) is 91.8. The molecule has 5 atom stereocenters. The normalized spacial score (nSPS) is 20.7. The van der Waals surface area contributed by atoms with Crippen molar-refractivity contribution >= 4 is 119 Å². The molecule has 19 rings (SSSR count). The molecule has 34 heteroatoms. The minimum Gasteiger partial charge on any atom is -0.462 e. The van der Waals surface area contributed by atoms with E-state index in [2.05, 4.69) is 164 Å². The fraction of sp³-hybridized carbons (Fsp3) is 0.455. The zero-order valence-corrected chi connectivity index (χ0v) is 77.5. The molecule has 133 heavy (non-hydrogen) atoms. The van der Waals surface area contributed by atoms with Crippen LogP contribution in [0.2, 0.25) is 15.1 Å². The number of likely N-dealkylation sites (tertiary alicyclic amines) is 1. The molecule has 10 aliphatic rings. The van der Waals surface area contributed by atoms with Crippen molar-refractivity contribution in [2.24, 2.45) is 0 Å². The molecule has 0 N–H and O–H groups in total. The lowest BCUT2D eigenvalue weighted by Gasteiger charge is -2.43. The number of likely N-dealkylation sites (N-methyl/N-ethyl adjacent to an activating group) is 1. The first kappa shape index (κ1) is 93.0. The number of halogens is 6. The maximum absolute atomic E-state index is 13.9. The SMILES string of the molecule is C=C(F)C(=O)N1CCN(c2nc(OCC34CCCN3CCC4)nc3c2CCN(c2cccc4cccc(Cl)c24)C3)C[C@@H]1CC#N.C=C(F)C(=O)N1CCN(c2nc(OCC3CCN3C(C)C)nc3c2CCN(c2cccc4cccc(Cl)c24)C3)C[C@@H]1CC#N.C=C(F)C(=O)N1CCN(c2nc(OCC3CN(C)CCO3)nc3c2CCN(c2cccc4cccc(Cl)c24)C3)C[C@@H]1CC#N. The number of hydrogen-bond donors (Lipinski definition) is 0. The summed E-state index contributed by atoms with van der Waals surface area (Å²) in [5.74, 6) is -3.12. The van der Waals surface area contributed by atoms with Crippen molar-refractivity contribution in [1.29, 1.82) is 15.8 Å². The third kappa shape index (κ3) is 19.9. The molecule has 3 amide bonds. The summed E-state index contributed by atoms with van der Waals surface area (Å²) in [6.07, 6.45) is 7.85. The number of piperazine rings is 3. The van der Waals surface area contributed by atoms with E-state index >= 15 is 0 Å². The van der Waals surface area contributed by atoms with Crippen LogP contribution in [0.25, 0.3) is 32.3 Å². The van der Waals surface area contributed by atoms with Crippen molar-refractivity contribution in [3.63, 3.8) is 0 Å². The second kappa shape index (κ2) is 40.9. The Morgan fingerprint density at radius 1 is 0.466 bits per heavy atom. The van der Waals surface area contributed by atoms with Gasteiger partial charge in [0.15, 0.2) is 17.5 Å². The van der Waals surface area contributed by atoms with Crippen LogP contribution in [0.15, 0.2) is 146 Å². The molecule has 9 aromatic rings. The lowest BCUT2D eigenvalue weighted by atomic mass is 9.95. The highest BCUT2D eigenvalue weighted by atomic mass is 35.5. The third-order valence-corrected chi connectivity index (χ3v) is 28.6. The molecule has 0 radical (unpaired) electrons. The van der Waals surface area contributed by atoms with E-state index < -0.39 is 53.3 Å². The molecule has 7 fully saturated rings. The van der Waals surface area contributed by atoms with Gasteiger partial charge in [0.05, 0.1) is 120 Å². The molecule has 10 aliphatic heterocycles. The lowest BCUT2D eigenvalue weighted by molar-refractivity contribution is -0.132. The van der Waals surface area contributed by atoms with Crippen LogP contribution in [0, 0.1) is 34.0 Å². The fourth-order valence-electron chi connectivity index (χ4n) is 20.9. The van der Waals surface area contributed by atoms with Crippen molar-refractivity contribution in [3.8, 4) is 36.2 Å². The van der Waals surface area contributed by atoms with Crippen LogP contribution < -0.4 is 43.6 Å². The van der Waals surface area contributed by atoms with Gasteiger partial charge in [-0.15, -0.1) is 0 Å². The predicted octanol–water partition coefficient (Wildman–Crippen LogP) is 14.4. The number of rotatable bonds is 22. The van der Waals surface area contributed by atoms with Gasteiger partial charge in [0.2, 0.25) is 0 Å². The zero-order chi connectivity index (χ0) is 92.9. The molecule has 0 bridgehead atoms. The Hall–Kier alpha value is -11.9. The van der Waals surface area contributed by atoms with E-state index in [-0.39, 0.29) is 56.6 Å². The molecule has 6 aromatic carbocycles. The summed E-state index contributed by atoms with van der Waals surface area (Å²) >= 11 is 20.1. The van der Waals surface area contributed by atoms with Gasteiger partial charge in [-0.2, -0.15) is 45.7 Å². The molecular weight excluding hydrogens is 1760 g/mol. The van der Waals surface area contributed by atoms with Crippen LogP contribution in [0.1, 0.15) is 99.0 Å². The van der Waals surface area contributed by atoms with E-state index in [0.717, 1.165) is 172 Å². The monoisotopic (exact) mass is 1870 g/mol. The van der Waals surface area contributed by atoms with Crippen LogP contribution in [0.4, 0.5) is 47.7 Å². The molecule has 0 saturated carbocycles. The molecule has 28 nitrogen and oxygen atoms in total. The second-order valence-corrected chi connectivity index (χ2v) is 37.3. The van der Waals surface area contributed by atoms with Gasteiger partial charge in [-0.3, -0.25) is 24.2 Å². The summed E-state index contributed by atoms with van der Waals surface area (Å²) in [5.41, 5.74) is 8.87. The minimum atomic E-state index is -1.03. The molecule has 0 aliphatic carbocycles.